The molecule has 2 aliphatic rings. The van der Waals surface area contributed by atoms with Crippen molar-refractivity contribution in [2.45, 2.75) is 51.0 Å². The van der Waals surface area contributed by atoms with Gasteiger partial charge in [-0.25, -0.2) is 4.98 Å². The normalized spacial score (nSPS) is 27.2. The number of hydrogen-bond donors (Lipinski definition) is 0. The summed E-state index contributed by atoms with van der Waals surface area (Å²) in [6, 6.07) is 4.19. The molecule has 4 heterocycles. The lowest BCUT2D eigenvalue weighted by molar-refractivity contribution is -0.0548. The maximum Gasteiger partial charge on any atom is 0.0901 e. The fraction of sp³-hybridized carbons (Fsp3) is 0.579. The Balaban J connectivity index is 1.31. The molecular weight excluding hydrogens is 334 g/mol. The first-order valence-electron chi connectivity index (χ1n) is 8.99. The van der Waals surface area contributed by atoms with Gasteiger partial charge >= 0.3 is 0 Å². The van der Waals surface area contributed by atoms with Crippen LogP contribution in [0.15, 0.2) is 29.9 Å². The lowest BCUT2D eigenvalue weighted by atomic mass is 9.89. The zero-order valence-corrected chi connectivity index (χ0v) is 15.5. The predicted molar refractivity (Wildman–Crippen MR) is 97.5 cm³/mol. The molecule has 1 spiro atoms. The number of aromatic nitrogens is 2. The zero-order chi connectivity index (χ0) is 17.1. The average Bonchev–Trinajstić information content (AvgIpc) is 3.20. The average molecular weight is 359 g/mol. The van der Waals surface area contributed by atoms with Crippen LogP contribution in [0.4, 0.5) is 0 Å². The molecule has 0 unspecified atom stereocenters. The van der Waals surface area contributed by atoms with E-state index in [1.54, 1.807) is 11.3 Å². The highest BCUT2D eigenvalue weighted by molar-refractivity contribution is 7.09. The van der Waals surface area contributed by atoms with Gasteiger partial charge in [0.15, 0.2) is 0 Å². The van der Waals surface area contributed by atoms with Gasteiger partial charge in [0.1, 0.15) is 0 Å². The number of likely N-dealkylation sites (tertiary alicyclic amines) is 1. The third-order valence-corrected chi connectivity index (χ3v) is 5.90. The molecular formula is C19H25N3O2S. The molecule has 2 fully saturated rings. The Morgan fingerprint density at radius 2 is 2.28 bits per heavy atom. The summed E-state index contributed by atoms with van der Waals surface area (Å²) < 4.78 is 12.3. The first-order valence-corrected chi connectivity index (χ1v) is 9.87. The molecule has 0 amide bonds. The standard InChI is InChI=1S/C19H25N3O2S/c1-15-21-17(13-25-15)11-23-18-9-19(24-12-18)5-2-8-22(14-19)10-16-3-6-20-7-4-16/h3-4,6-7,13,18H,2,5,8-12,14H2,1H3/t18-,19+/m1/s1. The number of thiazole rings is 1. The highest BCUT2D eigenvalue weighted by Crippen LogP contribution is 2.36. The maximum atomic E-state index is 6.26. The summed E-state index contributed by atoms with van der Waals surface area (Å²) in [7, 11) is 0. The van der Waals surface area contributed by atoms with Crippen molar-refractivity contribution in [3.8, 4) is 0 Å². The Morgan fingerprint density at radius 1 is 1.40 bits per heavy atom. The van der Waals surface area contributed by atoms with E-state index in [9.17, 15) is 0 Å². The van der Waals surface area contributed by atoms with E-state index in [1.165, 1.54) is 12.0 Å². The van der Waals surface area contributed by atoms with Crippen LogP contribution in [0.25, 0.3) is 0 Å². The SMILES string of the molecule is Cc1nc(CO[C@H]2CO[C@@]3(CCCN(Cc4ccncc4)C3)C2)cs1. The van der Waals surface area contributed by atoms with E-state index in [4.69, 9.17) is 9.47 Å². The summed E-state index contributed by atoms with van der Waals surface area (Å²) >= 11 is 1.68. The minimum absolute atomic E-state index is 0.0338. The predicted octanol–water partition coefficient (Wildman–Crippen LogP) is 3.19. The van der Waals surface area contributed by atoms with Crippen LogP contribution in [0, 0.1) is 6.92 Å². The largest absolute Gasteiger partial charge is 0.371 e. The lowest BCUT2D eigenvalue weighted by Gasteiger charge is -2.39. The smallest absolute Gasteiger partial charge is 0.0901 e. The molecule has 0 bridgehead atoms. The van der Waals surface area contributed by atoms with Crippen LogP contribution < -0.4 is 0 Å². The van der Waals surface area contributed by atoms with Crippen LogP contribution in [0.2, 0.25) is 0 Å². The summed E-state index contributed by atoms with van der Waals surface area (Å²) in [6.07, 6.45) is 7.22. The van der Waals surface area contributed by atoms with Crippen molar-refractivity contribution >= 4 is 11.3 Å². The second-order valence-corrected chi connectivity index (χ2v) is 8.22. The Labute approximate surface area is 153 Å². The van der Waals surface area contributed by atoms with E-state index >= 15 is 0 Å². The molecule has 2 aromatic heterocycles. The quantitative estimate of drug-likeness (QED) is 0.820. The number of rotatable bonds is 5. The van der Waals surface area contributed by atoms with Gasteiger partial charge in [-0.05, 0) is 44.0 Å². The van der Waals surface area contributed by atoms with Crippen LogP contribution in [-0.2, 0) is 22.6 Å². The monoisotopic (exact) mass is 359 g/mol. The molecule has 0 aliphatic carbocycles. The Bertz CT molecular complexity index is 693. The van der Waals surface area contributed by atoms with Gasteiger partial charge < -0.3 is 9.47 Å². The molecule has 5 nitrogen and oxygen atoms in total. The number of aryl methyl sites for hydroxylation is 1. The number of hydrogen-bond acceptors (Lipinski definition) is 6. The van der Waals surface area contributed by atoms with Gasteiger partial charge in [0.05, 0.1) is 35.6 Å². The van der Waals surface area contributed by atoms with Crippen LogP contribution in [0.5, 0.6) is 0 Å². The van der Waals surface area contributed by atoms with Gasteiger partial charge in [-0.2, -0.15) is 0 Å². The molecule has 134 valence electrons. The fourth-order valence-electron chi connectivity index (χ4n) is 3.94. The summed E-state index contributed by atoms with van der Waals surface area (Å²) in [5.74, 6) is 0. The zero-order valence-electron chi connectivity index (χ0n) is 14.7. The van der Waals surface area contributed by atoms with Gasteiger partial charge in [-0.3, -0.25) is 9.88 Å². The summed E-state index contributed by atoms with van der Waals surface area (Å²) in [6.45, 7) is 6.42. The van der Waals surface area contributed by atoms with Crippen LogP contribution >= 0.6 is 11.3 Å². The van der Waals surface area contributed by atoms with Crippen molar-refractivity contribution in [3.05, 3.63) is 46.2 Å². The third kappa shape index (κ3) is 4.26. The van der Waals surface area contributed by atoms with Crippen molar-refractivity contribution < 1.29 is 9.47 Å². The molecule has 2 aliphatic heterocycles. The molecule has 0 aromatic carbocycles. The maximum absolute atomic E-state index is 6.26. The summed E-state index contributed by atoms with van der Waals surface area (Å²) in [5.41, 5.74) is 2.32. The fourth-order valence-corrected chi connectivity index (χ4v) is 4.54. The van der Waals surface area contributed by atoms with Crippen molar-refractivity contribution in [3.63, 3.8) is 0 Å². The van der Waals surface area contributed by atoms with Crippen LogP contribution in [0.1, 0.15) is 35.5 Å². The number of pyridine rings is 1. The lowest BCUT2D eigenvalue weighted by Crippen LogP contribution is -2.47. The second-order valence-electron chi connectivity index (χ2n) is 7.16. The van der Waals surface area contributed by atoms with Gasteiger partial charge in [0, 0.05) is 37.3 Å². The van der Waals surface area contributed by atoms with Crippen molar-refractivity contribution in [2.75, 3.05) is 19.7 Å². The molecule has 25 heavy (non-hydrogen) atoms. The van der Waals surface area contributed by atoms with E-state index in [1.807, 2.05) is 19.3 Å². The summed E-state index contributed by atoms with van der Waals surface area (Å²) in [4.78, 5) is 11.1. The summed E-state index contributed by atoms with van der Waals surface area (Å²) in [5, 5.41) is 3.18. The van der Waals surface area contributed by atoms with E-state index in [-0.39, 0.29) is 11.7 Å². The molecule has 2 aromatic rings. The van der Waals surface area contributed by atoms with Gasteiger partial charge in [-0.15, -0.1) is 11.3 Å². The highest BCUT2D eigenvalue weighted by Gasteiger charge is 2.43. The van der Waals surface area contributed by atoms with E-state index in [0.717, 1.165) is 43.2 Å². The van der Waals surface area contributed by atoms with E-state index in [0.29, 0.717) is 13.2 Å². The molecule has 6 heteroatoms. The molecule has 2 atom stereocenters. The highest BCUT2D eigenvalue weighted by atomic mass is 32.1. The van der Waals surface area contributed by atoms with E-state index < -0.39 is 0 Å². The molecule has 2 saturated heterocycles. The van der Waals surface area contributed by atoms with Crippen LogP contribution in [0.3, 0.4) is 0 Å². The minimum Gasteiger partial charge on any atom is -0.371 e. The molecule has 4 rings (SSSR count). The number of ether oxygens (including phenoxy) is 2. The topological polar surface area (TPSA) is 47.5 Å². The minimum atomic E-state index is -0.0338. The van der Waals surface area contributed by atoms with Gasteiger partial charge in [0.25, 0.3) is 0 Å². The number of nitrogens with zero attached hydrogens (tertiary/aromatic N) is 3. The Kier molecular flexibility index (Phi) is 5.12. The molecule has 0 radical (unpaired) electrons. The van der Waals surface area contributed by atoms with Gasteiger partial charge in [0.2, 0.25) is 0 Å². The van der Waals surface area contributed by atoms with Crippen LogP contribution in [-0.4, -0.2) is 46.3 Å². The Hall–Kier alpha value is -1.34. The van der Waals surface area contributed by atoms with E-state index in [2.05, 4.69) is 32.4 Å². The third-order valence-electron chi connectivity index (χ3n) is 5.08. The van der Waals surface area contributed by atoms with Crippen molar-refractivity contribution in [1.82, 2.24) is 14.9 Å². The molecule has 0 N–H and O–H groups in total. The van der Waals surface area contributed by atoms with Crippen molar-refractivity contribution in [2.24, 2.45) is 0 Å². The Morgan fingerprint density at radius 3 is 3.08 bits per heavy atom. The first kappa shape index (κ1) is 17.1. The van der Waals surface area contributed by atoms with Crippen molar-refractivity contribution in [1.29, 1.82) is 0 Å². The molecule has 0 saturated carbocycles. The first-order chi connectivity index (χ1) is 12.2. The number of piperidine rings is 1. The van der Waals surface area contributed by atoms with Gasteiger partial charge in [-0.1, -0.05) is 0 Å². The second kappa shape index (κ2) is 7.50.